The number of nitrogens with one attached hydrogen (secondary N) is 1. The lowest BCUT2D eigenvalue weighted by atomic mass is 10.4. The van der Waals surface area contributed by atoms with E-state index in [1.807, 2.05) is 19.1 Å². The number of halogens is 1. The van der Waals surface area contributed by atoms with Gasteiger partial charge in [0.05, 0.1) is 11.9 Å². The fourth-order valence-corrected chi connectivity index (χ4v) is 1.38. The molecule has 1 heterocycles. The number of nitrogens with two attached hydrogens (primary N) is 1. The van der Waals surface area contributed by atoms with Gasteiger partial charge in [-0.2, -0.15) is 5.10 Å². The zero-order valence-corrected chi connectivity index (χ0v) is 9.87. The highest BCUT2D eigenvalue weighted by Crippen LogP contribution is 2.14. The van der Waals surface area contributed by atoms with Gasteiger partial charge in [-0.05, 0) is 6.92 Å². The van der Waals surface area contributed by atoms with E-state index in [-0.39, 0.29) is 10.6 Å². The third kappa shape index (κ3) is 3.08. The second kappa shape index (κ2) is 6.30. The molecule has 6 heteroatoms. The van der Waals surface area contributed by atoms with Gasteiger partial charge in [0, 0.05) is 19.6 Å². The molecule has 0 saturated carbocycles. The Kier molecular flexibility index (Phi) is 5.01. The van der Waals surface area contributed by atoms with E-state index in [0.29, 0.717) is 25.3 Å². The van der Waals surface area contributed by atoms with Gasteiger partial charge in [-0.25, -0.2) is 4.68 Å². The summed E-state index contributed by atoms with van der Waals surface area (Å²) in [5.74, 6) is 0. The van der Waals surface area contributed by atoms with Crippen molar-refractivity contribution in [2.45, 2.75) is 13.5 Å². The van der Waals surface area contributed by atoms with Crippen LogP contribution in [0.4, 0.5) is 5.69 Å². The van der Waals surface area contributed by atoms with Crippen LogP contribution in [0.5, 0.6) is 0 Å². The second-order valence-corrected chi connectivity index (χ2v) is 3.46. The molecule has 0 aliphatic rings. The van der Waals surface area contributed by atoms with Crippen LogP contribution in [0.2, 0.25) is 5.02 Å². The Hall–Kier alpha value is -1.33. The van der Waals surface area contributed by atoms with Gasteiger partial charge in [0.2, 0.25) is 0 Å². The Morgan fingerprint density at radius 2 is 2.38 bits per heavy atom. The van der Waals surface area contributed by atoms with Crippen LogP contribution in [0.3, 0.4) is 0 Å². The van der Waals surface area contributed by atoms with E-state index in [4.69, 9.17) is 17.3 Å². The molecule has 0 aliphatic carbocycles. The van der Waals surface area contributed by atoms with Crippen molar-refractivity contribution in [3.63, 3.8) is 0 Å². The van der Waals surface area contributed by atoms with Gasteiger partial charge in [-0.3, -0.25) is 4.79 Å². The number of nitrogens with zero attached hydrogens (tertiary/aromatic N) is 2. The average molecular weight is 243 g/mol. The third-order valence-corrected chi connectivity index (χ3v) is 2.36. The van der Waals surface area contributed by atoms with Crippen LogP contribution in [0.1, 0.15) is 6.92 Å². The summed E-state index contributed by atoms with van der Waals surface area (Å²) in [4.78, 5) is 11.6. The van der Waals surface area contributed by atoms with Gasteiger partial charge < -0.3 is 11.1 Å². The molecule has 0 amide bonds. The number of anilines is 1. The normalized spacial score (nSPS) is 10.9. The highest BCUT2D eigenvalue weighted by molar-refractivity contribution is 6.32. The van der Waals surface area contributed by atoms with Crippen LogP contribution in [-0.2, 0) is 6.54 Å². The Labute approximate surface area is 98.9 Å². The van der Waals surface area contributed by atoms with Crippen LogP contribution < -0.4 is 16.6 Å². The molecule has 5 nitrogen and oxygen atoms in total. The minimum Gasteiger partial charge on any atom is -0.379 e. The van der Waals surface area contributed by atoms with Crippen molar-refractivity contribution in [3.8, 4) is 0 Å². The van der Waals surface area contributed by atoms with E-state index >= 15 is 0 Å². The van der Waals surface area contributed by atoms with Crippen molar-refractivity contribution in [2.75, 3.05) is 18.4 Å². The molecule has 0 aromatic carbocycles. The van der Waals surface area contributed by atoms with Crippen LogP contribution in [-0.4, -0.2) is 22.9 Å². The molecular formula is C10H15ClN4O. The van der Waals surface area contributed by atoms with Gasteiger partial charge >= 0.3 is 0 Å². The van der Waals surface area contributed by atoms with Gasteiger partial charge in [0.1, 0.15) is 5.02 Å². The molecule has 0 radical (unpaired) electrons. The molecular weight excluding hydrogens is 228 g/mol. The molecule has 0 atom stereocenters. The Balaban J connectivity index is 2.79. The van der Waals surface area contributed by atoms with Gasteiger partial charge in [-0.1, -0.05) is 23.8 Å². The first kappa shape index (κ1) is 12.7. The van der Waals surface area contributed by atoms with E-state index in [0.717, 1.165) is 0 Å². The number of hydrogen-bond acceptors (Lipinski definition) is 4. The maximum absolute atomic E-state index is 11.6. The maximum atomic E-state index is 11.6. The van der Waals surface area contributed by atoms with Crippen molar-refractivity contribution in [2.24, 2.45) is 5.73 Å². The summed E-state index contributed by atoms with van der Waals surface area (Å²) in [5.41, 5.74) is 5.55. The minimum atomic E-state index is -0.281. The summed E-state index contributed by atoms with van der Waals surface area (Å²) < 4.78 is 1.31. The third-order valence-electron chi connectivity index (χ3n) is 2.00. The SMILES string of the molecule is CCn1ncc(NC/C=C/CN)c(Cl)c1=O. The van der Waals surface area contributed by atoms with Crippen LogP contribution in [0, 0.1) is 0 Å². The number of aryl methyl sites for hydroxylation is 1. The second-order valence-electron chi connectivity index (χ2n) is 3.08. The molecule has 1 aromatic heterocycles. The Morgan fingerprint density at radius 1 is 1.62 bits per heavy atom. The van der Waals surface area contributed by atoms with Crippen molar-refractivity contribution in [1.82, 2.24) is 9.78 Å². The lowest BCUT2D eigenvalue weighted by molar-refractivity contribution is 0.616. The first-order chi connectivity index (χ1) is 7.70. The van der Waals surface area contributed by atoms with Crippen LogP contribution in [0.15, 0.2) is 23.1 Å². The summed E-state index contributed by atoms with van der Waals surface area (Å²) in [6.45, 7) is 3.40. The molecule has 0 unspecified atom stereocenters. The molecule has 0 fully saturated rings. The standard InChI is InChI=1S/C10H15ClN4O/c1-2-15-10(16)9(11)8(7-14-15)13-6-4-3-5-12/h3-4,7,13H,2,5-6,12H2,1H3/b4-3+. The minimum absolute atomic E-state index is 0.165. The topological polar surface area (TPSA) is 72.9 Å². The fourth-order valence-electron chi connectivity index (χ4n) is 1.16. The summed E-state index contributed by atoms with van der Waals surface area (Å²) in [7, 11) is 0. The number of hydrogen-bond donors (Lipinski definition) is 2. The zero-order chi connectivity index (χ0) is 12.0. The Bertz CT molecular complexity index is 427. The lowest BCUT2D eigenvalue weighted by Crippen LogP contribution is -2.23. The summed E-state index contributed by atoms with van der Waals surface area (Å²) >= 11 is 5.91. The van der Waals surface area contributed by atoms with Crippen molar-refractivity contribution in [3.05, 3.63) is 33.7 Å². The van der Waals surface area contributed by atoms with Gasteiger partial charge in [-0.15, -0.1) is 0 Å². The van der Waals surface area contributed by atoms with E-state index < -0.39 is 0 Å². The number of aromatic nitrogens is 2. The highest BCUT2D eigenvalue weighted by Gasteiger charge is 2.06. The van der Waals surface area contributed by atoms with Crippen molar-refractivity contribution in [1.29, 1.82) is 0 Å². The predicted molar refractivity (Wildman–Crippen MR) is 65.9 cm³/mol. The average Bonchev–Trinajstić information content (AvgIpc) is 2.30. The molecule has 16 heavy (non-hydrogen) atoms. The molecule has 0 bridgehead atoms. The van der Waals surface area contributed by atoms with E-state index in [1.54, 1.807) is 6.20 Å². The zero-order valence-electron chi connectivity index (χ0n) is 9.11. The van der Waals surface area contributed by atoms with Gasteiger partial charge in [0.25, 0.3) is 5.56 Å². The van der Waals surface area contributed by atoms with E-state index in [1.165, 1.54) is 4.68 Å². The largest absolute Gasteiger partial charge is 0.379 e. The smallest absolute Gasteiger partial charge is 0.287 e. The molecule has 0 spiro atoms. The van der Waals surface area contributed by atoms with Crippen LogP contribution >= 0.6 is 11.6 Å². The van der Waals surface area contributed by atoms with E-state index in [2.05, 4.69) is 10.4 Å². The predicted octanol–water partition coefficient (Wildman–Crippen LogP) is 0.843. The first-order valence-electron chi connectivity index (χ1n) is 5.05. The lowest BCUT2D eigenvalue weighted by Gasteiger charge is -2.07. The van der Waals surface area contributed by atoms with E-state index in [9.17, 15) is 4.79 Å². The molecule has 3 N–H and O–H groups in total. The monoisotopic (exact) mass is 242 g/mol. The molecule has 0 aliphatic heterocycles. The molecule has 88 valence electrons. The van der Waals surface area contributed by atoms with Crippen molar-refractivity contribution < 1.29 is 0 Å². The van der Waals surface area contributed by atoms with Crippen molar-refractivity contribution >= 4 is 17.3 Å². The first-order valence-corrected chi connectivity index (χ1v) is 5.43. The molecule has 1 rings (SSSR count). The molecule has 1 aromatic rings. The number of rotatable bonds is 5. The molecule has 0 saturated heterocycles. The Morgan fingerprint density at radius 3 is 3.00 bits per heavy atom. The highest BCUT2D eigenvalue weighted by atomic mass is 35.5. The quantitative estimate of drug-likeness (QED) is 0.751. The fraction of sp³-hybridized carbons (Fsp3) is 0.400. The summed E-state index contributed by atoms with van der Waals surface area (Å²) in [5, 5.41) is 7.12. The van der Waals surface area contributed by atoms with Gasteiger partial charge in [0.15, 0.2) is 0 Å². The summed E-state index contributed by atoms with van der Waals surface area (Å²) in [6.07, 6.45) is 5.23. The maximum Gasteiger partial charge on any atom is 0.287 e. The summed E-state index contributed by atoms with van der Waals surface area (Å²) in [6, 6.07) is 0. The van der Waals surface area contributed by atoms with Crippen LogP contribution in [0.25, 0.3) is 0 Å².